The molecule has 0 saturated carbocycles. The number of aliphatic carboxylic acids is 1. The summed E-state index contributed by atoms with van der Waals surface area (Å²) in [4.78, 5) is 34.6. The largest absolute Gasteiger partial charge is 0.480 e. The first-order valence-electron chi connectivity index (χ1n) is 4.53. The van der Waals surface area contributed by atoms with E-state index in [0.29, 0.717) is 10.8 Å². The molecule has 1 unspecified atom stereocenters. The average Bonchev–Trinajstić information content (AvgIpc) is 2.19. The number of hydrogen-bond acceptors (Lipinski definition) is 3. The summed E-state index contributed by atoms with van der Waals surface area (Å²) >= 11 is 2.08. The molecule has 0 aromatic rings. The summed E-state index contributed by atoms with van der Waals surface area (Å²) in [5, 5.41) is 8.60. The molecule has 1 aliphatic heterocycles. The second kappa shape index (κ2) is 4.46. The molecule has 0 bridgehead atoms. The van der Waals surface area contributed by atoms with Crippen LogP contribution < -0.4 is 0 Å². The van der Waals surface area contributed by atoms with Crippen molar-refractivity contribution in [1.29, 1.82) is 0 Å². The summed E-state index contributed by atoms with van der Waals surface area (Å²) in [6, 6.07) is 0. The van der Waals surface area contributed by atoms with E-state index in [4.69, 9.17) is 5.11 Å². The molecule has 1 rings (SSSR count). The SMILES string of the molecule is CC1(CI)CCC(=O)N(CC(=O)O)C1=O. The van der Waals surface area contributed by atoms with Gasteiger partial charge in [0.25, 0.3) is 0 Å². The number of carboxylic acid groups (broad SMARTS) is 1. The molecule has 0 aliphatic carbocycles. The lowest BCUT2D eigenvalue weighted by Crippen LogP contribution is -2.52. The number of nitrogens with zero attached hydrogens (tertiary/aromatic N) is 1. The van der Waals surface area contributed by atoms with Crippen molar-refractivity contribution in [2.24, 2.45) is 5.41 Å². The Balaban J connectivity index is 2.88. The number of carboxylic acids is 1. The molecule has 1 saturated heterocycles. The number of likely N-dealkylation sites (tertiary alicyclic amines) is 1. The van der Waals surface area contributed by atoms with Gasteiger partial charge in [0.15, 0.2) is 0 Å². The predicted molar refractivity (Wildman–Crippen MR) is 60.6 cm³/mol. The molecule has 1 aliphatic rings. The molecule has 1 fully saturated rings. The van der Waals surface area contributed by atoms with Gasteiger partial charge in [0, 0.05) is 10.8 Å². The van der Waals surface area contributed by atoms with Crippen molar-refractivity contribution in [2.75, 3.05) is 11.0 Å². The summed E-state index contributed by atoms with van der Waals surface area (Å²) in [7, 11) is 0. The van der Waals surface area contributed by atoms with E-state index in [1.807, 2.05) is 0 Å². The lowest BCUT2D eigenvalue weighted by molar-refractivity contribution is -0.160. The van der Waals surface area contributed by atoms with Gasteiger partial charge in [-0.15, -0.1) is 0 Å². The first-order valence-corrected chi connectivity index (χ1v) is 6.06. The van der Waals surface area contributed by atoms with Gasteiger partial charge in [0.05, 0.1) is 5.41 Å². The van der Waals surface area contributed by atoms with E-state index < -0.39 is 17.9 Å². The minimum atomic E-state index is -1.16. The van der Waals surface area contributed by atoms with Crippen LogP contribution in [0, 0.1) is 5.41 Å². The lowest BCUT2D eigenvalue weighted by Gasteiger charge is -2.36. The Morgan fingerprint density at radius 1 is 1.60 bits per heavy atom. The van der Waals surface area contributed by atoms with Crippen molar-refractivity contribution >= 4 is 40.4 Å². The molecule has 1 N–H and O–H groups in total. The second-order valence-corrected chi connectivity index (χ2v) is 4.64. The van der Waals surface area contributed by atoms with Gasteiger partial charge in [-0.2, -0.15) is 0 Å². The zero-order valence-electron chi connectivity index (χ0n) is 8.33. The zero-order valence-corrected chi connectivity index (χ0v) is 10.5. The third-order valence-electron chi connectivity index (χ3n) is 2.54. The highest BCUT2D eigenvalue weighted by Gasteiger charge is 2.43. The number of hydrogen-bond donors (Lipinski definition) is 1. The van der Waals surface area contributed by atoms with E-state index >= 15 is 0 Å². The third kappa shape index (κ3) is 2.47. The topological polar surface area (TPSA) is 74.7 Å². The van der Waals surface area contributed by atoms with Gasteiger partial charge in [-0.1, -0.05) is 22.6 Å². The van der Waals surface area contributed by atoms with Gasteiger partial charge >= 0.3 is 5.97 Å². The van der Waals surface area contributed by atoms with Crippen molar-refractivity contribution in [3.05, 3.63) is 0 Å². The number of alkyl halides is 1. The van der Waals surface area contributed by atoms with E-state index in [9.17, 15) is 14.4 Å². The normalized spacial score (nSPS) is 26.9. The smallest absolute Gasteiger partial charge is 0.323 e. The predicted octanol–water partition coefficient (Wildman–Crippen LogP) is 0.661. The molecule has 0 aromatic carbocycles. The van der Waals surface area contributed by atoms with Crippen molar-refractivity contribution in [3.63, 3.8) is 0 Å². The number of carbonyl (C=O) groups excluding carboxylic acids is 2. The number of carbonyl (C=O) groups is 3. The fourth-order valence-corrected chi connectivity index (χ4v) is 2.19. The zero-order chi connectivity index (χ0) is 11.6. The molecule has 5 nitrogen and oxygen atoms in total. The van der Waals surface area contributed by atoms with Crippen LogP contribution in [0.25, 0.3) is 0 Å². The van der Waals surface area contributed by atoms with Crippen molar-refractivity contribution in [3.8, 4) is 0 Å². The Morgan fingerprint density at radius 2 is 2.20 bits per heavy atom. The number of rotatable bonds is 3. The molecule has 84 valence electrons. The summed E-state index contributed by atoms with van der Waals surface area (Å²) in [5.41, 5.74) is -0.593. The van der Waals surface area contributed by atoms with Gasteiger partial charge in [-0.25, -0.2) is 0 Å². The van der Waals surface area contributed by atoms with E-state index in [1.54, 1.807) is 6.92 Å². The van der Waals surface area contributed by atoms with Crippen LogP contribution >= 0.6 is 22.6 Å². The molecule has 1 heterocycles. The maximum atomic E-state index is 11.9. The van der Waals surface area contributed by atoms with Crippen LogP contribution in [0.2, 0.25) is 0 Å². The molecular formula is C9H12INO4. The highest BCUT2D eigenvalue weighted by Crippen LogP contribution is 2.33. The molecular weight excluding hydrogens is 313 g/mol. The van der Waals surface area contributed by atoms with E-state index in [-0.39, 0.29) is 18.2 Å². The van der Waals surface area contributed by atoms with E-state index in [1.165, 1.54) is 0 Å². The standard InChI is InChI=1S/C9H12INO4/c1-9(5-10)3-2-6(12)11(8(9)15)4-7(13)14/h2-5H2,1H3,(H,13,14). The van der Waals surface area contributed by atoms with Crippen molar-refractivity contribution in [1.82, 2.24) is 4.90 Å². The number of amides is 2. The summed E-state index contributed by atoms with van der Waals surface area (Å²) in [6.07, 6.45) is 0.752. The van der Waals surface area contributed by atoms with Gasteiger partial charge in [-0.05, 0) is 13.3 Å². The Hall–Kier alpha value is -0.660. The summed E-state index contributed by atoms with van der Waals surface area (Å²) in [5.74, 6) is -1.91. The van der Waals surface area contributed by atoms with Crippen LogP contribution in [-0.2, 0) is 14.4 Å². The Bertz CT molecular complexity index is 317. The molecule has 0 spiro atoms. The minimum Gasteiger partial charge on any atom is -0.480 e. The Morgan fingerprint density at radius 3 is 2.67 bits per heavy atom. The van der Waals surface area contributed by atoms with Gasteiger partial charge < -0.3 is 5.11 Å². The molecule has 15 heavy (non-hydrogen) atoms. The number of piperidine rings is 1. The lowest BCUT2D eigenvalue weighted by atomic mass is 9.83. The molecule has 6 heteroatoms. The maximum absolute atomic E-state index is 11.9. The van der Waals surface area contributed by atoms with Gasteiger partial charge in [0.1, 0.15) is 6.54 Å². The summed E-state index contributed by atoms with van der Waals surface area (Å²) < 4.78 is 0.590. The first-order chi connectivity index (χ1) is 6.90. The minimum absolute atomic E-state index is 0.249. The highest BCUT2D eigenvalue weighted by atomic mass is 127. The van der Waals surface area contributed by atoms with Crippen LogP contribution in [0.4, 0.5) is 0 Å². The molecule has 1 atom stereocenters. The van der Waals surface area contributed by atoms with Crippen LogP contribution in [0.1, 0.15) is 19.8 Å². The van der Waals surface area contributed by atoms with Crippen LogP contribution in [0.15, 0.2) is 0 Å². The van der Waals surface area contributed by atoms with Gasteiger partial charge in [0.2, 0.25) is 11.8 Å². The fraction of sp³-hybridized carbons (Fsp3) is 0.667. The van der Waals surface area contributed by atoms with Crippen molar-refractivity contribution in [2.45, 2.75) is 19.8 Å². The average molecular weight is 325 g/mol. The fourth-order valence-electron chi connectivity index (χ4n) is 1.48. The quantitative estimate of drug-likeness (QED) is 0.470. The number of halogens is 1. The van der Waals surface area contributed by atoms with Crippen molar-refractivity contribution < 1.29 is 19.5 Å². The number of imide groups is 1. The molecule has 0 radical (unpaired) electrons. The maximum Gasteiger partial charge on any atom is 0.323 e. The first kappa shape index (κ1) is 12.4. The molecule has 2 amide bonds. The second-order valence-electron chi connectivity index (χ2n) is 3.87. The van der Waals surface area contributed by atoms with E-state index in [0.717, 1.165) is 4.90 Å². The van der Waals surface area contributed by atoms with Crippen LogP contribution in [-0.4, -0.2) is 38.8 Å². The third-order valence-corrected chi connectivity index (χ3v) is 4.23. The van der Waals surface area contributed by atoms with Crippen LogP contribution in [0.5, 0.6) is 0 Å². The Labute approximate surface area is 101 Å². The van der Waals surface area contributed by atoms with Gasteiger partial charge in [-0.3, -0.25) is 19.3 Å². The highest BCUT2D eigenvalue weighted by molar-refractivity contribution is 14.1. The Kier molecular flexibility index (Phi) is 3.69. The van der Waals surface area contributed by atoms with E-state index in [2.05, 4.69) is 22.6 Å². The van der Waals surface area contributed by atoms with Crippen LogP contribution in [0.3, 0.4) is 0 Å². The molecule has 0 aromatic heterocycles. The monoisotopic (exact) mass is 325 g/mol. The summed E-state index contributed by atoms with van der Waals surface area (Å²) in [6.45, 7) is 1.24.